The van der Waals surface area contributed by atoms with Crippen molar-refractivity contribution in [3.8, 4) is 0 Å². The summed E-state index contributed by atoms with van der Waals surface area (Å²) in [5, 5.41) is 3.47. The lowest BCUT2D eigenvalue weighted by Crippen LogP contribution is -2.08. The molecule has 4 nitrogen and oxygen atoms in total. The Morgan fingerprint density at radius 3 is 2.62 bits per heavy atom. The van der Waals surface area contributed by atoms with Crippen molar-refractivity contribution >= 4 is 16.9 Å². The number of imidazole rings is 1. The third-order valence-corrected chi connectivity index (χ3v) is 3.88. The second kappa shape index (κ2) is 5.56. The van der Waals surface area contributed by atoms with Gasteiger partial charge in [0.2, 0.25) is 0 Å². The molecule has 0 aliphatic carbocycles. The van der Waals surface area contributed by atoms with Gasteiger partial charge in [0.25, 0.3) is 0 Å². The minimum Gasteiger partial charge on any atom is -0.362 e. The van der Waals surface area contributed by atoms with Crippen molar-refractivity contribution in [1.29, 1.82) is 0 Å². The number of fused-ring (bicyclic) bond motifs is 1. The van der Waals surface area contributed by atoms with Gasteiger partial charge in [-0.05, 0) is 30.5 Å². The average molecular weight is 280 g/mol. The fourth-order valence-corrected chi connectivity index (χ4v) is 2.50. The van der Waals surface area contributed by atoms with Crippen molar-refractivity contribution in [3.63, 3.8) is 0 Å². The molecular formula is C17H20N4. The molecule has 0 saturated heterocycles. The first kappa shape index (κ1) is 13.6. The van der Waals surface area contributed by atoms with E-state index in [-0.39, 0.29) is 6.04 Å². The number of nitrogens with one attached hydrogen (secondary N) is 1. The third kappa shape index (κ3) is 2.61. The van der Waals surface area contributed by atoms with Crippen LogP contribution in [0.15, 0.2) is 42.9 Å². The topological polar surface area (TPSA) is 42.7 Å². The van der Waals surface area contributed by atoms with Crippen molar-refractivity contribution in [1.82, 2.24) is 14.5 Å². The quantitative estimate of drug-likeness (QED) is 0.792. The fourth-order valence-electron chi connectivity index (χ4n) is 2.50. The van der Waals surface area contributed by atoms with Crippen LogP contribution in [0.2, 0.25) is 0 Å². The first-order valence-corrected chi connectivity index (χ1v) is 7.30. The molecule has 0 radical (unpaired) electrons. The molecule has 1 N–H and O–H groups in total. The minimum absolute atomic E-state index is 0.191. The van der Waals surface area contributed by atoms with Crippen molar-refractivity contribution < 1.29 is 0 Å². The van der Waals surface area contributed by atoms with Crippen LogP contribution < -0.4 is 5.32 Å². The van der Waals surface area contributed by atoms with Crippen LogP contribution in [0.4, 0.5) is 5.82 Å². The summed E-state index contributed by atoms with van der Waals surface area (Å²) in [6.45, 7) is 4.31. The molecule has 0 saturated carbocycles. The Hall–Kier alpha value is -2.36. The minimum atomic E-state index is 0.191. The molecule has 3 rings (SSSR count). The Morgan fingerprint density at radius 1 is 1.14 bits per heavy atom. The van der Waals surface area contributed by atoms with Gasteiger partial charge in [0, 0.05) is 13.2 Å². The van der Waals surface area contributed by atoms with Gasteiger partial charge >= 0.3 is 0 Å². The number of aryl methyl sites for hydroxylation is 2. The third-order valence-electron chi connectivity index (χ3n) is 3.88. The normalized spacial score (nSPS) is 12.5. The van der Waals surface area contributed by atoms with Gasteiger partial charge in [0.15, 0.2) is 5.82 Å². The number of hydrogen-bond acceptors (Lipinski definition) is 3. The Kier molecular flexibility index (Phi) is 3.60. The van der Waals surface area contributed by atoms with E-state index in [1.54, 1.807) is 0 Å². The highest BCUT2D eigenvalue weighted by Crippen LogP contribution is 2.24. The molecule has 3 aromatic rings. The van der Waals surface area contributed by atoms with E-state index in [9.17, 15) is 0 Å². The van der Waals surface area contributed by atoms with Gasteiger partial charge in [-0.3, -0.25) is 0 Å². The van der Waals surface area contributed by atoms with Crippen LogP contribution >= 0.6 is 0 Å². The highest BCUT2D eigenvalue weighted by molar-refractivity contribution is 5.85. The highest BCUT2D eigenvalue weighted by Gasteiger charge is 2.11. The Bertz CT molecular complexity index is 743. The molecule has 1 unspecified atom stereocenters. The van der Waals surface area contributed by atoms with Crippen LogP contribution in [0.1, 0.15) is 31.0 Å². The van der Waals surface area contributed by atoms with E-state index in [4.69, 9.17) is 0 Å². The van der Waals surface area contributed by atoms with Gasteiger partial charge in [0.1, 0.15) is 5.52 Å². The molecule has 0 aliphatic rings. The lowest BCUT2D eigenvalue weighted by molar-refractivity contribution is 0.875. The number of aromatic nitrogens is 3. The Balaban J connectivity index is 1.87. The maximum atomic E-state index is 4.43. The van der Waals surface area contributed by atoms with E-state index < -0.39 is 0 Å². The average Bonchev–Trinajstić information content (AvgIpc) is 2.90. The maximum absolute atomic E-state index is 4.43. The van der Waals surface area contributed by atoms with Crippen molar-refractivity contribution in [2.75, 3.05) is 5.32 Å². The summed E-state index contributed by atoms with van der Waals surface area (Å²) in [5.41, 5.74) is 4.61. The number of benzene rings is 1. The molecule has 21 heavy (non-hydrogen) atoms. The van der Waals surface area contributed by atoms with E-state index in [0.717, 1.165) is 23.3 Å². The van der Waals surface area contributed by atoms with E-state index in [1.807, 2.05) is 30.2 Å². The van der Waals surface area contributed by atoms with Crippen molar-refractivity contribution in [2.24, 2.45) is 7.05 Å². The number of nitrogens with zero attached hydrogens (tertiary/aromatic N) is 3. The fraction of sp³-hybridized carbons (Fsp3) is 0.294. The highest BCUT2D eigenvalue weighted by atomic mass is 15.1. The molecule has 0 fully saturated rings. The molecular weight excluding hydrogens is 260 g/mol. The van der Waals surface area contributed by atoms with Crippen LogP contribution in [0.5, 0.6) is 0 Å². The van der Waals surface area contributed by atoms with Gasteiger partial charge < -0.3 is 9.88 Å². The smallest absolute Gasteiger partial charge is 0.154 e. The lowest BCUT2D eigenvalue weighted by Gasteiger charge is -2.15. The van der Waals surface area contributed by atoms with Gasteiger partial charge in [-0.1, -0.05) is 31.2 Å². The van der Waals surface area contributed by atoms with E-state index in [1.165, 1.54) is 11.1 Å². The molecule has 1 aromatic carbocycles. The number of rotatable bonds is 4. The first-order chi connectivity index (χ1) is 10.2. The number of anilines is 1. The van der Waals surface area contributed by atoms with Crippen LogP contribution in [-0.4, -0.2) is 14.5 Å². The molecule has 108 valence electrons. The predicted octanol–water partition coefficient (Wildman–Crippen LogP) is 3.70. The Morgan fingerprint density at radius 2 is 1.90 bits per heavy atom. The number of hydrogen-bond donors (Lipinski definition) is 1. The van der Waals surface area contributed by atoms with E-state index >= 15 is 0 Å². The van der Waals surface area contributed by atoms with Gasteiger partial charge in [-0.25, -0.2) is 9.97 Å². The molecule has 2 aromatic heterocycles. The molecule has 0 bridgehead atoms. The standard InChI is InChI=1S/C17H20N4/c1-4-13-5-7-14(8-6-13)12(2)20-17-16-15(9-10-18-17)21(3)11-19-16/h5-12H,4H2,1-3H3,(H,18,20). The van der Waals surface area contributed by atoms with Crippen molar-refractivity contribution in [3.05, 3.63) is 54.0 Å². The summed E-state index contributed by atoms with van der Waals surface area (Å²) < 4.78 is 2.00. The monoisotopic (exact) mass is 280 g/mol. The number of pyridine rings is 1. The summed E-state index contributed by atoms with van der Waals surface area (Å²) in [7, 11) is 1.99. The molecule has 4 heteroatoms. The van der Waals surface area contributed by atoms with E-state index in [2.05, 4.69) is 53.4 Å². The summed E-state index contributed by atoms with van der Waals surface area (Å²) in [4.78, 5) is 8.86. The van der Waals surface area contributed by atoms with Crippen LogP contribution in [0, 0.1) is 0 Å². The van der Waals surface area contributed by atoms with E-state index in [0.29, 0.717) is 0 Å². The summed E-state index contributed by atoms with van der Waals surface area (Å²) in [6.07, 6.45) is 4.70. The molecule has 0 amide bonds. The van der Waals surface area contributed by atoms with Crippen LogP contribution in [0.3, 0.4) is 0 Å². The zero-order valence-electron chi connectivity index (χ0n) is 12.7. The molecule has 1 atom stereocenters. The lowest BCUT2D eigenvalue weighted by atomic mass is 10.1. The zero-order valence-corrected chi connectivity index (χ0v) is 12.7. The SMILES string of the molecule is CCc1ccc(C(C)Nc2nccc3c2ncn3C)cc1. The maximum Gasteiger partial charge on any atom is 0.154 e. The second-order valence-electron chi connectivity index (χ2n) is 5.34. The summed E-state index contributed by atoms with van der Waals surface area (Å²) >= 11 is 0. The van der Waals surface area contributed by atoms with Crippen LogP contribution in [0.25, 0.3) is 11.0 Å². The molecule has 2 heterocycles. The predicted molar refractivity (Wildman–Crippen MR) is 86.4 cm³/mol. The van der Waals surface area contributed by atoms with Gasteiger partial charge in [0.05, 0.1) is 17.9 Å². The second-order valence-corrected chi connectivity index (χ2v) is 5.34. The molecule has 0 aliphatic heterocycles. The largest absolute Gasteiger partial charge is 0.362 e. The van der Waals surface area contributed by atoms with Crippen molar-refractivity contribution in [2.45, 2.75) is 26.3 Å². The van der Waals surface area contributed by atoms with Crippen LogP contribution in [-0.2, 0) is 13.5 Å². The molecule has 0 spiro atoms. The van der Waals surface area contributed by atoms with Gasteiger partial charge in [-0.2, -0.15) is 0 Å². The van der Waals surface area contributed by atoms with Gasteiger partial charge in [-0.15, -0.1) is 0 Å². The summed E-state index contributed by atoms with van der Waals surface area (Å²) in [5.74, 6) is 0.833. The summed E-state index contributed by atoms with van der Waals surface area (Å²) in [6, 6.07) is 10.9. The zero-order chi connectivity index (χ0) is 14.8. The first-order valence-electron chi connectivity index (χ1n) is 7.30. The Labute approximate surface area is 124 Å².